The molecule has 0 radical (unpaired) electrons. The monoisotopic (exact) mass is 162 g/mol. The second-order valence-electron chi connectivity index (χ2n) is 2.40. The van der Waals surface area contributed by atoms with Gasteiger partial charge in [-0.2, -0.15) is 5.26 Å². The van der Waals surface area contributed by atoms with E-state index in [1.54, 1.807) is 18.2 Å². The lowest BCUT2D eigenvalue weighted by Crippen LogP contribution is -2.21. The highest BCUT2D eigenvalue weighted by molar-refractivity contribution is 5.23. The molecule has 1 aromatic rings. The summed E-state index contributed by atoms with van der Waals surface area (Å²) in [4.78, 5) is 4.00. The third kappa shape index (κ3) is 1.78. The van der Waals surface area contributed by atoms with Crippen molar-refractivity contribution in [2.75, 3.05) is 6.54 Å². The van der Waals surface area contributed by atoms with Crippen LogP contribution in [0.4, 0.5) is 0 Å². The predicted molar refractivity (Wildman–Crippen MR) is 44.9 cm³/mol. The number of nitriles is 1. The molecule has 0 aliphatic rings. The van der Waals surface area contributed by atoms with Crippen molar-refractivity contribution in [3.05, 3.63) is 29.6 Å². The lowest BCUT2D eigenvalue weighted by Gasteiger charge is -2.06. The molecule has 0 saturated carbocycles. The summed E-state index contributed by atoms with van der Waals surface area (Å²) in [6.07, 6.45) is 0. The Morgan fingerprint density at radius 2 is 2.33 bits per heavy atom. The molecule has 1 rings (SSSR count). The second-order valence-corrected chi connectivity index (χ2v) is 2.40. The maximum absolute atomic E-state index is 8.53. The minimum Gasteiger partial charge on any atom is -0.329 e. The van der Waals surface area contributed by atoms with E-state index < -0.39 is 0 Å². The molecule has 1 atom stereocenters. The summed E-state index contributed by atoms with van der Waals surface area (Å²) in [5, 5.41) is 8.53. The van der Waals surface area contributed by atoms with Gasteiger partial charge in [0.2, 0.25) is 0 Å². The average Bonchev–Trinajstić information content (AvgIpc) is 2.17. The molecule has 0 fully saturated rings. The Balaban J connectivity index is 2.95. The molecular formula is C8H10N4. The van der Waals surface area contributed by atoms with Gasteiger partial charge in [0.05, 0.1) is 11.7 Å². The van der Waals surface area contributed by atoms with Crippen LogP contribution in [0.5, 0.6) is 0 Å². The van der Waals surface area contributed by atoms with Crippen LogP contribution in [0.3, 0.4) is 0 Å². The summed E-state index contributed by atoms with van der Waals surface area (Å²) in [5.41, 5.74) is 12.0. The Bertz CT molecular complexity index is 302. The van der Waals surface area contributed by atoms with Crippen molar-refractivity contribution in [1.82, 2.24) is 4.98 Å². The van der Waals surface area contributed by atoms with Gasteiger partial charge in [-0.3, -0.25) is 0 Å². The lowest BCUT2D eigenvalue weighted by molar-refractivity contribution is 0.710. The fourth-order valence-electron chi connectivity index (χ4n) is 0.841. The zero-order valence-electron chi connectivity index (χ0n) is 6.57. The Morgan fingerprint density at radius 1 is 1.58 bits per heavy atom. The summed E-state index contributed by atoms with van der Waals surface area (Å²) in [6, 6.07) is 6.80. The van der Waals surface area contributed by atoms with Gasteiger partial charge in [-0.25, -0.2) is 4.98 Å². The molecule has 4 heteroatoms. The molecule has 0 aliphatic carbocycles. The topological polar surface area (TPSA) is 88.7 Å². The number of nitrogens with two attached hydrogens (primary N) is 2. The van der Waals surface area contributed by atoms with Crippen LogP contribution in [0.25, 0.3) is 0 Å². The van der Waals surface area contributed by atoms with Crippen molar-refractivity contribution >= 4 is 0 Å². The molecule has 62 valence electrons. The lowest BCUT2D eigenvalue weighted by atomic mass is 10.2. The van der Waals surface area contributed by atoms with Crippen LogP contribution in [0.1, 0.15) is 17.4 Å². The Labute approximate surface area is 70.8 Å². The number of hydrogen-bond donors (Lipinski definition) is 2. The highest BCUT2D eigenvalue weighted by atomic mass is 14.8. The van der Waals surface area contributed by atoms with Gasteiger partial charge in [0.15, 0.2) is 0 Å². The number of rotatable bonds is 2. The highest BCUT2D eigenvalue weighted by Crippen LogP contribution is 2.05. The summed E-state index contributed by atoms with van der Waals surface area (Å²) < 4.78 is 0. The van der Waals surface area contributed by atoms with E-state index in [0.717, 1.165) is 0 Å². The predicted octanol–water partition coefficient (Wildman–Crippen LogP) is -0.0882. The molecule has 1 heterocycles. The molecular weight excluding hydrogens is 152 g/mol. The van der Waals surface area contributed by atoms with Crippen molar-refractivity contribution < 1.29 is 0 Å². The van der Waals surface area contributed by atoms with Gasteiger partial charge < -0.3 is 11.5 Å². The number of nitrogens with zero attached hydrogens (tertiary/aromatic N) is 2. The quantitative estimate of drug-likeness (QED) is 0.636. The molecule has 12 heavy (non-hydrogen) atoms. The first-order valence-corrected chi connectivity index (χ1v) is 3.60. The number of pyridine rings is 1. The van der Waals surface area contributed by atoms with Crippen molar-refractivity contribution in [1.29, 1.82) is 5.26 Å². The third-order valence-electron chi connectivity index (χ3n) is 1.52. The van der Waals surface area contributed by atoms with E-state index >= 15 is 0 Å². The van der Waals surface area contributed by atoms with Gasteiger partial charge in [-0.05, 0) is 12.1 Å². The molecule has 0 saturated heterocycles. The minimum absolute atomic E-state index is 0.279. The second kappa shape index (κ2) is 3.81. The molecule has 4 nitrogen and oxygen atoms in total. The molecule has 1 aromatic heterocycles. The highest BCUT2D eigenvalue weighted by Gasteiger charge is 2.04. The maximum Gasteiger partial charge on any atom is 0.140 e. The summed E-state index contributed by atoms with van der Waals surface area (Å²) in [5.74, 6) is 0. The van der Waals surface area contributed by atoms with Gasteiger partial charge >= 0.3 is 0 Å². The maximum atomic E-state index is 8.53. The van der Waals surface area contributed by atoms with Crippen LogP contribution in [0, 0.1) is 11.3 Å². The molecule has 0 bridgehead atoms. The van der Waals surface area contributed by atoms with E-state index in [1.807, 2.05) is 6.07 Å². The SMILES string of the molecule is N#Cc1cccc([C@H](N)CN)n1. The van der Waals surface area contributed by atoms with Crippen LogP contribution < -0.4 is 11.5 Å². The number of aromatic nitrogens is 1. The first-order chi connectivity index (χ1) is 5.77. The van der Waals surface area contributed by atoms with Gasteiger partial charge in [0, 0.05) is 6.54 Å². The zero-order chi connectivity index (χ0) is 8.97. The minimum atomic E-state index is -0.279. The Hall–Kier alpha value is -1.44. The fourth-order valence-corrected chi connectivity index (χ4v) is 0.841. The number of hydrogen-bond acceptors (Lipinski definition) is 4. The molecule has 0 unspecified atom stereocenters. The van der Waals surface area contributed by atoms with Crippen molar-refractivity contribution in [2.45, 2.75) is 6.04 Å². The largest absolute Gasteiger partial charge is 0.329 e. The smallest absolute Gasteiger partial charge is 0.140 e. The van der Waals surface area contributed by atoms with Crippen molar-refractivity contribution in [2.24, 2.45) is 11.5 Å². The standard InChI is InChI=1S/C8H10N4/c9-4-6-2-1-3-8(12-6)7(11)5-10/h1-3,7H,5,10-11H2/t7-/m1/s1. The Morgan fingerprint density at radius 3 is 2.92 bits per heavy atom. The molecule has 0 aromatic carbocycles. The Kier molecular flexibility index (Phi) is 2.75. The molecule has 0 aliphatic heterocycles. The van der Waals surface area contributed by atoms with Crippen LogP contribution in [-0.2, 0) is 0 Å². The van der Waals surface area contributed by atoms with E-state index in [2.05, 4.69) is 4.98 Å². The summed E-state index contributed by atoms with van der Waals surface area (Å²) in [7, 11) is 0. The normalized spacial score (nSPS) is 12.1. The van der Waals surface area contributed by atoms with Crippen molar-refractivity contribution in [3.63, 3.8) is 0 Å². The van der Waals surface area contributed by atoms with E-state index in [-0.39, 0.29) is 6.04 Å². The van der Waals surface area contributed by atoms with Gasteiger partial charge in [-0.1, -0.05) is 6.07 Å². The van der Waals surface area contributed by atoms with Gasteiger partial charge in [-0.15, -0.1) is 0 Å². The van der Waals surface area contributed by atoms with Gasteiger partial charge in [0.25, 0.3) is 0 Å². The zero-order valence-corrected chi connectivity index (χ0v) is 6.57. The summed E-state index contributed by atoms with van der Waals surface area (Å²) >= 11 is 0. The van der Waals surface area contributed by atoms with Crippen LogP contribution >= 0.6 is 0 Å². The first-order valence-electron chi connectivity index (χ1n) is 3.60. The van der Waals surface area contributed by atoms with Gasteiger partial charge in [0.1, 0.15) is 11.8 Å². The van der Waals surface area contributed by atoms with E-state index in [4.69, 9.17) is 16.7 Å². The fraction of sp³-hybridized carbons (Fsp3) is 0.250. The van der Waals surface area contributed by atoms with E-state index in [9.17, 15) is 0 Å². The molecule has 4 N–H and O–H groups in total. The van der Waals surface area contributed by atoms with Crippen LogP contribution in [0.15, 0.2) is 18.2 Å². The third-order valence-corrected chi connectivity index (χ3v) is 1.52. The van der Waals surface area contributed by atoms with Crippen LogP contribution in [-0.4, -0.2) is 11.5 Å². The van der Waals surface area contributed by atoms with Crippen molar-refractivity contribution in [3.8, 4) is 6.07 Å². The first kappa shape index (κ1) is 8.65. The summed E-state index contributed by atoms with van der Waals surface area (Å²) in [6.45, 7) is 0.335. The molecule has 0 spiro atoms. The van der Waals surface area contributed by atoms with Crippen LogP contribution in [0.2, 0.25) is 0 Å². The van der Waals surface area contributed by atoms with E-state index in [0.29, 0.717) is 17.9 Å². The van der Waals surface area contributed by atoms with E-state index in [1.165, 1.54) is 0 Å². The average molecular weight is 162 g/mol. The molecule has 0 amide bonds.